The van der Waals surface area contributed by atoms with Crippen LogP contribution in [-0.4, -0.2) is 13.9 Å². The molecule has 14 aromatic rings. The summed E-state index contributed by atoms with van der Waals surface area (Å²) in [5.74, 6) is 0.782. The highest BCUT2D eigenvalue weighted by Gasteiger charge is 2.42. The Morgan fingerprint density at radius 2 is 0.873 bits per heavy atom. The van der Waals surface area contributed by atoms with Crippen LogP contribution in [0.15, 0.2) is 185 Å². The number of para-hydroxylation sites is 6. The van der Waals surface area contributed by atoms with Crippen LogP contribution >= 0.6 is 0 Å². The van der Waals surface area contributed by atoms with Crippen LogP contribution in [-0.2, 0) is 0 Å². The fraction of sp³-hybridized carbons (Fsp3) is 0. The highest BCUT2D eigenvalue weighted by Crippen LogP contribution is 2.41. The second-order valence-corrected chi connectivity index (χ2v) is 15.9. The van der Waals surface area contributed by atoms with E-state index in [2.05, 4.69) is 122 Å². The second kappa shape index (κ2) is 12.2. The number of hydrogen-bond acceptors (Lipinski definition) is 3. The van der Waals surface area contributed by atoms with Crippen molar-refractivity contribution in [3.05, 3.63) is 193 Å². The zero-order valence-electron chi connectivity index (χ0n) is 33.2. The summed E-state index contributed by atoms with van der Waals surface area (Å²) in [4.78, 5) is 4.26. The number of fused-ring (bicyclic) bond motifs is 17. The maximum atomic E-state index is 11.4. The number of nitriles is 1. The number of rotatable bonds is 3. The first-order chi connectivity index (χ1) is 31.2. The summed E-state index contributed by atoms with van der Waals surface area (Å²) < 4.78 is 23.8. The molecule has 14 rings (SSSR count). The summed E-state index contributed by atoms with van der Waals surface area (Å²) in [6.45, 7) is 8.90. The van der Waals surface area contributed by atoms with Crippen LogP contribution in [0.2, 0.25) is 0 Å². The predicted molar refractivity (Wildman–Crippen MR) is 247 cm³/mol. The lowest BCUT2D eigenvalue weighted by molar-refractivity contribution is -0.831. The first-order valence-corrected chi connectivity index (χ1v) is 20.7. The SMILES string of the molecule is [C-]#[N+]c1cc(C#N)[n+](-n2c3ccccc3c3c4oc5ccccc5c4ccc32)c(-n2c3ccccc3c3ccccc32)[n+]1-n1c2ccccc2c2c3oc4ccccc4c3ccc21. The number of aromatic nitrogens is 5. The molecule has 0 aliphatic rings. The van der Waals surface area contributed by atoms with E-state index < -0.39 is 0 Å². The van der Waals surface area contributed by atoms with Gasteiger partial charge in [-0.2, -0.15) is 14.8 Å². The van der Waals surface area contributed by atoms with Crippen molar-refractivity contribution in [1.82, 2.24) is 13.9 Å². The topological polar surface area (TPSA) is 77.0 Å². The molecule has 0 spiro atoms. The van der Waals surface area contributed by atoms with E-state index in [1.54, 1.807) is 6.07 Å². The molecule has 63 heavy (non-hydrogen) atoms. The molecular formula is C54H29N7O2+2. The van der Waals surface area contributed by atoms with Gasteiger partial charge in [0.1, 0.15) is 33.4 Å². The zero-order chi connectivity index (χ0) is 41.5. The third-order valence-corrected chi connectivity index (χ3v) is 12.8. The fourth-order valence-electron chi connectivity index (χ4n) is 10.3. The predicted octanol–water partition coefficient (Wildman–Crippen LogP) is 12.4. The Morgan fingerprint density at radius 1 is 0.444 bits per heavy atom. The summed E-state index contributed by atoms with van der Waals surface area (Å²) in [5.41, 5.74) is 8.62. The number of benzene rings is 8. The average molecular weight is 808 g/mol. The summed E-state index contributed by atoms with van der Waals surface area (Å²) in [6.07, 6.45) is 0. The molecule has 0 aliphatic carbocycles. The van der Waals surface area contributed by atoms with Crippen molar-refractivity contribution in [2.24, 2.45) is 0 Å². The molecule has 0 amide bonds. The van der Waals surface area contributed by atoms with Crippen molar-refractivity contribution in [2.45, 2.75) is 0 Å². The minimum Gasteiger partial charge on any atom is -0.455 e. The van der Waals surface area contributed by atoms with Crippen LogP contribution in [0.25, 0.3) is 120 Å². The molecule has 0 aliphatic heterocycles. The lowest BCUT2D eigenvalue weighted by Gasteiger charge is -2.13. The van der Waals surface area contributed by atoms with Crippen molar-refractivity contribution in [2.75, 3.05) is 0 Å². The van der Waals surface area contributed by atoms with E-state index in [0.29, 0.717) is 5.95 Å². The molecule has 0 atom stereocenters. The van der Waals surface area contributed by atoms with Crippen LogP contribution in [0.5, 0.6) is 0 Å². The minimum atomic E-state index is 0.243. The molecule has 0 N–H and O–H groups in total. The monoisotopic (exact) mass is 807 g/mol. The van der Waals surface area contributed by atoms with E-state index in [9.17, 15) is 5.26 Å². The maximum absolute atomic E-state index is 11.4. The van der Waals surface area contributed by atoms with Gasteiger partial charge in [0.25, 0.3) is 5.69 Å². The normalized spacial score (nSPS) is 12.1. The summed E-state index contributed by atoms with van der Waals surface area (Å²) in [7, 11) is 0. The van der Waals surface area contributed by atoms with Gasteiger partial charge in [0, 0.05) is 43.1 Å². The molecular weight excluding hydrogens is 779 g/mol. The summed E-state index contributed by atoms with van der Waals surface area (Å²) in [6, 6.07) is 62.1. The van der Waals surface area contributed by atoms with Crippen molar-refractivity contribution in [3.8, 4) is 12.0 Å². The van der Waals surface area contributed by atoms with Crippen LogP contribution in [0.4, 0.5) is 5.82 Å². The van der Waals surface area contributed by atoms with Gasteiger partial charge < -0.3 is 8.83 Å². The third kappa shape index (κ3) is 4.27. The van der Waals surface area contributed by atoms with Gasteiger partial charge >= 0.3 is 11.8 Å². The molecule has 9 nitrogen and oxygen atoms in total. The Balaban J connectivity index is 1.25. The van der Waals surface area contributed by atoms with Gasteiger partial charge in [0.2, 0.25) is 0 Å². The Kier molecular flexibility index (Phi) is 6.51. The van der Waals surface area contributed by atoms with E-state index in [0.717, 1.165) is 109 Å². The van der Waals surface area contributed by atoms with Crippen molar-refractivity contribution >= 4 is 115 Å². The maximum Gasteiger partial charge on any atom is 0.581 e. The molecule has 0 bridgehead atoms. The van der Waals surface area contributed by atoms with E-state index in [4.69, 9.17) is 15.4 Å². The number of hydrogen-bond donors (Lipinski definition) is 0. The van der Waals surface area contributed by atoms with Crippen LogP contribution in [0, 0.1) is 17.9 Å². The molecule has 6 heterocycles. The highest BCUT2D eigenvalue weighted by molar-refractivity contribution is 6.24. The standard InChI is InChI=1S/C54H29N7O2/c1-56-49-30-32(31-55)58(59-43-22-10-4-18-39(43)50-45(59)28-26-37-35-16-6-12-24-47(35)62-52(37)50)54(57-41-20-8-2-14-33(41)34-15-3-9-21-42(34)57)61(49)60-44-23-11-5-19-40(44)51-46(60)29-27-38-36-17-7-13-25-48(36)63-53(38)51/h2-30H/q+2. The largest absolute Gasteiger partial charge is 0.581 e. The Bertz CT molecular complexity index is 4150. The van der Waals surface area contributed by atoms with Gasteiger partial charge in [-0.15, -0.1) is 9.24 Å². The molecule has 0 saturated heterocycles. The average Bonchev–Trinajstić information content (AvgIpc) is 4.14. The molecule has 290 valence electrons. The fourth-order valence-corrected chi connectivity index (χ4v) is 10.3. The van der Waals surface area contributed by atoms with Gasteiger partial charge in [-0.25, -0.2) is 0 Å². The van der Waals surface area contributed by atoms with E-state index >= 15 is 0 Å². The molecule has 8 aromatic carbocycles. The van der Waals surface area contributed by atoms with Crippen LogP contribution in [0.3, 0.4) is 0 Å². The van der Waals surface area contributed by atoms with Gasteiger partial charge in [0.05, 0.1) is 34.4 Å². The lowest BCUT2D eigenvalue weighted by atomic mass is 10.1. The Hall–Kier alpha value is -9.18. The number of furan rings is 2. The molecule has 0 radical (unpaired) electrons. The summed E-state index contributed by atoms with van der Waals surface area (Å²) >= 11 is 0. The Morgan fingerprint density at radius 3 is 1.37 bits per heavy atom. The molecule has 0 fully saturated rings. The van der Waals surface area contributed by atoms with Crippen molar-refractivity contribution < 1.29 is 18.2 Å². The quantitative estimate of drug-likeness (QED) is 0.132. The van der Waals surface area contributed by atoms with Gasteiger partial charge in [0.15, 0.2) is 17.1 Å². The van der Waals surface area contributed by atoms with Crippen LogP contribution < -0.4 is 9.35 Å². The van der Waals surface area contributed by atoms with E-state index in [1.807, 2.05) is 82.1 Å². The molecule has 9 heteroatoms. The lowest BCUT2D eigenvalue weighted by Crippen LogP contribution is -2.60. The van der Waals surface area contributed by atoms with E-state index in [1.165, 1.54) is 0 Å². The van der Waals surface area contributed by atoms with Gasteiger partial charge in [-0.3, -0.25) is 0 Å². The first-order valence-electron chi connectivity index (χ1n) is 20.7. The highest BCUT2D eigenvalue weighted by atomic mass is 16.3. The smallest absolute Gasteiger partial charge is 0.455 e. The van der Waals surface area contributed by atoms with E-state index in [-0.39, 0.29) is 11.5 Å². The summed E-state index contributed by atoms with van der Waals surface area (Å²) in [5, 5.41) is 21.4. The van der Waals surface area contributed by atoms with Crippen LogP contribution in [0.1, 0.15) is 5.69 Å². The van der Waals surface area contributed by atoms with Crippen molar-refractivity contribution in [3.63, 3.8) is 0 Å². The van der Waals surface area contributed by atoms with Gasteiger partial charge in [-0.1, -0.05) is 97.1 Å². The minimum absolute atomic E-state index is 0.243. The third-order valence-electron chi connectivity index (χ3n) is 12.8. The molecule has 0 unspecified atom stereocenters. The first kappa shape index (κ1) is 33.6. The molecule has 6 aromatic heterocycles. The Labute approximate surface area is 356 Å². The number of nitrogens with zero attached hydrogens (tertiary/aromatic N) is 7. The second-order valence-electron chi connectivity index (χ2n) is 15.9. The van der Waals surface area contributed by atoms with Crippen molar-refractivity contribution in [1.29, 1.82) is 5.26 Å². The molecule has 0 saturated carbocycles. The van der Waals surface area contributed by atoms with Gasteiger partial charge in [-0.05, 0) is 82.1 Å². The zero-order valence-corrected chi connectivity index (χ0v) is 33.2.